The largest absolute Gasteiger partial charge is 0.339 e. The lowest BCUT2D eigenvalue weighted by Crippen LogP contribution is -2.47. The summed E-state index contributed by atoms with van der Waals surface area (Å²) in [6, 6.07) is 14.3. The molecule has 0 bridgehead atoms. The summed E-state index contributed by atoms with van der Waals surface area (Å²) in [6.07, 6.45) is 1.34. The van der Waals surface area contributed by atoms with Gasteiger partial charge in [0, 0.05) is 13.1 Å². The molecule has 0 unspecified atom stereocenters. The number of para-hydroxylation sites is 2. The van der Waals surface area contributed by atoms with E-state index < -0.39 is 22.0 Å². The minimum absolute atomic E-state index is 0.188. The van der Waals surface area contributed by atoms with Crippen molar-refractivity contribution in [3.05, 3.63) is 60.2 Å². The number of hydrogen-bond acceptors (Lipinski definition) is 4. The molecule has 8 heteroatoms. The number of sulfonamides is 1. The molecule has 0 aliphatic carbocycles. The van der Waals surface area contributed by atoms with Crippen molar-refractivity contribution in [1.29, 1.82) is 0 Å². The summed E-state index contributed by atoms with van der Waals surface area (Å²) in [5.74, 6) is -0.682. The smallest absolute Gasteiger partial charge is 0.255 e. The van der Waals surface area contributed by atoms with Crippen LogP contribution in [0.5, 0.6) is 0 Å². The Kier molecular flexibility index (Phi) is 8.00. The van der Waals surface area contributed by atoms with Crippen LogP contribution in [0, 0.1) is 0 Å². The fourth-order valence-electron chi connectivity index (χ4n) is 3.31. The first-order chi connectivity index (χ1) is 14.2. The molecule has 0 aliphatic rings. The van der Waals surface area contributed by atoms with Crippen molar-refractivity contribution in [2.75, 3.05) is 29.0 Å². The number of nitrogens with one attached hydrogen (secondary N) is 1. The lowest BCUT2D eigenvalue weighted by molar-refractivity contribution is -0.117. The Morgan fingerprint density at radius 3 is 2.03 bits per heavy atom. The third-order valence-corrected chi connectivity index (χ3v) is 5.99. The molecule has 0 saturated heterocycles. The molecule has 1 N–H and O–H groups in total. The Labute approximate surface area is 178 Å². The number of hydrogen-bond donors (Lipinski definition) is 1. The van der Waals surface area contributed by atoms with Crippen molar-refractivity contribution >= 4 is 33.2 Å². The Hall–Kier alpha value is -2.87. The van der Waals surface area contributed by atoms with Crippen LogP contribution in [-0.4, -0.2) is 50.5 Å². The van der Waals surface area contributed by atoms with E-state index in [0.29, 0.717) is 30.0 Å². The molecule has 0 aliphatic heterocycles. The normalized spacial score (nSPS) is 12.1. The number of amides is 2. The summed E-state index contributed by atoms with van der Waals surface area (Å²) in [7, 11) is -3.72. The zero-order chi connectivity index (χ0) is 22.3. The van der Waals surface area contributed by atoms with Gasteiger partial charge in [0.1, 0.15) is 6.04 Å². The monoisotopic (exact) mass is 431 g/mol. The van der Waals surface area contributed by atoms with Crippen LogP contribution < -0.4 is 9.62 Å². The molecule has 162 valence electrons. The third-order valence-electron chi connectivity index (χ3n) is 4.81. The molecule has 2 aromatic carbocycles. The van der Waals surface area contributed by atoms with E-state index in [-0.39, 0.29) is 12.3 Å². The summed E-state index contributed by atoms with van der Waals surface area (Å²) in [4.78, 5) is 27.6. The summed E-state index contributed by atoms with van der Waals surface area (Å²) >= 11 is 0. The molecule has 2 amide bonds. The molecule has 7 nitrogen and oxygen atoms in total. The number of rotatable bonds is 9. The van der Waals surface area contributed by atoms with Gasteiger partial charge in [0.2, 0.25) is 15.9 Å². The van der Waals surface area contributed by atoms with Crippen molar-refractivity contribution in [2.45, 2.75) is 33.2 Å². The summed E-state index contributed by atoms with van der Waals surface area (Å²) < 4.78 is 26.2. The van der Waals surface area contributed by atoms with Crippen molar-refractivity contribution in [3.8, 4) is 0 Å². The van der Waals surface area contributed by atoms with E-state index in [1.165, 1.54) is 0 Å². The van der Waals surface area contributed by atoms with Crippen LogP contribution in [0.15, 0.2) is 54.6 Å². The fourth-order valence-corrected chi connectivity index (χ4v) is 4.52. The quantitative estimate of drug-likeness (QED) is 0.660. The van der Waals surface area contributed by atoms with E-state index in [1.54, 1.807) is 66.4 Å². The molecule has 1 atom stereocenters. The van der Waals surface area contributed by atoms with Crippen LogP contribution in [0.3, 0.4) is 0 Å². The van der Waals surface area contributed by atoms with Crippen LogP contribution in [0.4, 0.5) is 11.4 Å². The molecule has 0 radical (unpaired) electrons. The fraction of sp³-hybridized carbons (Fsp3) is 0.364. The highest BCUT2D eigenvalue weighted by molar-refractivity contribution is 7.92. The number of anilines is 2. The van der Waals surface area contributed by atoms with Gasteiger partial charge in [0.15, 0.2) is 0 Å². The zero-order valence-electron chi connectivity index (χ0n) is 17.8. The van der Waals surface area contributed by atoms with E-state index >= 15 is 0 Å². The van der Waals surface area contributed by atoms with Gasteiger partial charge in [0.25, 0.3) is 5.91 Å². The summed E-state index contributed by atoms with van der Waals surface area (Å²) in [5.41, 5.74) is 1.14. The van der Waals surface area contributed by atoms with Crippen LogP contribution in [0.25, 0.3) is 0 Å². The average molecular weight is 432 g/mol. The van der Waals surface area contributed by atoms with Gasteiger partial charge in [0.05, 0.1) is 23.2 Å². The predicted molar refractivity (Wildman–Crippen MR) is 120 cm³/mol. The molecule has 0 aromatic heterocycles. The van der Waals surface area contributed by atoms with Gasteiger partial charge in [-0.2, -0.15) is 0 Å². The first-order valence-corrected chi connectivity index (χ1v) is 11.8. The molecular formula is C22H29N3O4S. The Bertz CT molecular complexity index is 973. The van der Waals surface area contributed by atoms with Gasteiger partial charge in [-0.25, -0.2) is 8.42 Å². The second-order valence-corrected chi connectivity index (χ2v) is 8.69. The lowest BCUT2D eigenvalue weighted by Gasteiger charge is -2.30. The van der Waals surface area contributed by atoms with Gasteiger partial charge in [-0.05, 0) is 44.5 Å². The molecule has 0 heterocycles. The van der Waals surface area contributed by atoms with Crippen molar-refractivity contribution in [2.24, 2.45) is 0 Å². The van der Waals surface area contributed by atoms with Crippen molar-refractivity contribution < 1.29 is 18.0 Å². The maximum Gasteiger partial charge on any atom is 0.255 e. The molecule has 2 rings (SSSR count). The van der Waals surface area contributed by atoms with Crippen LogP contribution in [-0.2, 0) is 14.8 Å². The topological polar surface area (TPSA) is 86.8 Å². The highest BCUT2D eigenvalue weighted by Gasteiger charge is 2.32. The molecule has 0 saturated carbocycles. The number of benzene rings is 2. The zero-order valence-corrected chi connectivity index (χ0v) is 18.6. The number of carbonyl (C=O) groups excluding carboxylic acids is 2. The first kappa shape index (κ1) is 23.4. The summed E-state index contributed by atoms with van der Waals surface area (Å²) in [5, 5.41) is 2.78. The van der Waals surface area contributed by atoms with E-state index in [9.17, 15) is 18.0 Å². The SMILES string of the molecule is CC[C@@H](C(=O)Nc1ccccc1C(=O)N(CC)CC)N(c1ccccc1)S(C)(=O)=O. The highest BCUT2D eigenvalue weighted by Crippen LogP contribution is 2.24. The average Bonchev–Trinajstić information content (AvgIpc) is 2.72. The van der Waals surface area contributed by atoms with E-state index in [4.69, 9.17) is 0 Å². The minimum Gasteiger partial charge on any atom is -0.339 e. The first-order valence-electron chi connectivity index (χ1n) is 9.98. The standard InChI is InChI=1S/C22H29N3O4S/c1-5-20(25(30(4,28)29)17-13-9-8-10-14-17)21(26)23-19-16-12-11-15-18(19)22(27)24(6-2)7-3/h8-16,20H,5-7H2,1-4H3,(H,23,26)/t20-/m0/s1. The molecule has 0 fully saturated rings. The Morgan fingerprint density at radius 1 is 0.933 bits per heavy atom. The lowest BCUT2D eigenvalue weighted by atomic mass is 10.1. The van der Waals surface area contributed by atoms with Gasteiger partial charge >= 0.3 is 0 Å². The molecular weight excluding hydrogens is 402 g/mol. The number of carbonyl (C=O) groups is 2. The predicted octanol–water partition coefficient (Wildman–Crippen LogP) is 3.35. The maximum atomic E-state index is 13.1. The van der Waals surface area contributed by atoms with Gasteiger partial charge < -0.3 is 10.2 Å². The van der Waals surface area contributed by atoms with Crippen molar-refractivity contribution in [1.82, 2.24) is 4.90 Å². The second kappa shape index (κ2) is 10.2. The number of nitrogens with zero attached hydrogens (tertiary/aromatic N) is 2. The summed E-state index contributed by atoms with van der Waals surface area (Å²) in [6.45, 7) is 6.62. The molecule has 30 heavy (non-hydrogen) atoms. The van der Waals surface area contributed by atoms with E-state index in [0.717, 1.165) is 10.6 Å². The van der Waals surface area contributed by atoms with Crippen molar-refractivity contribution in [3.63, 3.8) is 0 Å². The molecule has 0 spiro atoms. The van der Waals surface area contributed by atoms with E-state index in [1.807, 2.05) is 13.8 Å². The molecule has 2 aromatic rings. The van der Waals surface area contributed by atoms with Crippen LogP contribution in [0.1, 0.15) is 37.6 Å². The highest BCUT2D eigenvalue weighted by atomic mass is 32.2. The maximum absolute atomic E-state index is 13.1. The Morgan fingerprint density at radius 2 is 1.50 bits per heavy atom. The van der Waals surface area contributed by atoms with Gasteiger partial charge in [-0.1, -0.05) is 37.3 Å². The Balaban J connectivity index is 2.39. The van der Waals surface area contributed by atoms with Gasteiger partial charge in [-0.3, -0.25) is 13.9 Å². The van der Waals surface area contributed by atoms with Gasteiger partial charge in [-0.15, -0.1) is 0 Å². The second-order valence-electron chi connectivity index (χ2n) is 6.83. The van der Waals surface area contributed by atoms with E-state index in [2.05, 4.69) is 5.32 Å². The third kappa shape index (κ3) is 5.38. The van der Waals surface area contributed by atoms with Crippen LogP contribution in [0.2, 0.25) is 0 Å². The minimum atomic E-state index is -3.72. The van der Waals surface area contributed by atoms with Crippen LogP contribution >= 0.6 is 0 Å².